The summed E-state index contributed by atoms with van der Waals surface area (Å²) < 4.78 is 0. The summed E-state index contributed by atoms with van der Waals surface area (Å²) in [4.78, 5) is 12.8. The first kappa shape index (κ1) is 16.4. The fraction of sp³-hybridized carbons (Fsp3) is 0.278. The largest absolute Gasteiger partial charge is 0.395 e. The third-order valence-electron chi connectivity index (χ3n) is 3.98. The fourth-order valence-corrected chi connectivity index (χ4v) is 3.56. The minimum Gasteiger partial charge on any atom is -0.395 e. The molecule has 3 rings (SSSR count). The number of rotatable bonds is 4. The highest BCUT2D eigenvalue weighted by Gasteiger charge is 2.19. The van der Waals surface area contributed by atoms with Gasteiger partial charge >= 0.3 is 0 Å². The Kier molecular flexibility index (Phi) is 4.47. The Bertz CT molecular complexity index is 925. The van der Waals surface area contributed by atoms with E-state index in [9.17, 15) is 10.4 Å². The third kappa shape index (κ3) is 2.84. The van der Waals surface area contributed by atoms with Crippen molar-refractivity contribution < 1.29 is 5.11 Å². The zero-order chi connectivity index (χ0) is 17.3. The van der Waals surface area contributed by atoms with Gasteiger partial charge in [0.1, 0.15) is 21.6 Å². The van der Waals surface area contributed by atoms with E-state index in [0.29, 0.717) is 17.2 Å². The Labute approximate surface area is 144 Å². The molecule has 3 aromatic rings. The molecule has 0 saturated carbocycles. The molecule has 6 heteroatoms. The Morgan fingerprint density at radius 2 is 1.92 bits per heavy atom. The first-order valence-electron chi connectivity index (χ1n) is 7.65. The van der Waals surface area contributed by atoms with Crippen LogP contribution in [-0.4, -0.2) is 35.3 Å². The van der Waals surface area contributed by atoms with Gasteiger partial charge in [-0.3, -0.25) is 0 Å². The molecule has 0 fully saturated rings. The Morgan fingerprint density at radius 1 is 1.21 bits per heavy atom. The van der Waals surface area contributed by atoms with Crippen LogP contribution >= 0.6 is 11.3 Å². The molecule has 2 aromatic heterocycles. The second-order valence-corrected chi connectivity index (χ2v) is 6.73. The van der Waals surface area contributed by atoms with Crippen molar-refractivity contribution in [3.8, 4) is 17.5 Å². The number of aliphatic hydroxyl groups is 1. The maximum Gasteiger partial charge on any atom is 0.163 e. The molecule has 0 atom stereocenters. The number of aromatic nitrogens is 2. The van der Waals surface area contributed by atoms with Gasteiger partial charge in [0.25, 0.3) is 0 Å². The molecule has 0 unspecified atom stereocenters. The standard InChI is InChI=1S/C18H18N4OS/c1-11-4-6-13(7-5-11)16-20-17(22(3)8-9-23)15-12(2)14(10-19)24-18(15)21-16/h4-7,23H,8-9H2,1-3H3. The summed E-state index contributed by atoms with van der Waals surface area (Å²) in [5.41, 5.74) is 3.01. The number of anilines is 1. The molecule has 1 aromatic carbocycles. The van der Waals surface area contributed by atoms with E-state index < -0.39 is 0 Å². The Balaban J connectivity index is 2.26. The molecule has 0 amide bonds. The molecule has 0 radical (unpaired) electrons. The number of thiophene rings is 1. The van der Waals surface area contributed by atoms with Crippen LogP contribution in [0.25, 0.3) is 21.6 Å². The van der Waals surface area contributed by atoms with Crippen LogP contribution in [0.3, 0.4) is 0 Å². The first-order chi connectivity index (χ1) is 11.5. The minimum atomic E-state index is 0.0379. The lowest BCUT2D eigenvalue weighted by atomic mass is 10.1. The zero-order valence-electron chi connectivity index (χ0n) is 13.9. The second kappa shape index (κ2) is 6.56. The molecular formula is C18H18N4OS. The number of aliphatic hydroxyl groups excluding tert-OH is 1. The predicted molar refractivity (Wildman–Crippen MR) is 97.4 cm³/mol. The number of fused-ring (bicyclic) bond motifs is 1. The molecule has 0 aliphatic carbocycles. The SMILES string of the molecule is Cc1ccc(-c2nc(N(C)CCO)c3c(C)c(C#N)sc3n2)cc1. The van der Waals surface area contributed by atoms with Gasteiger partial charge in [-0.25, -0.2) is 9.97 Å². The van der Waals surface area contributed by atoms with Crippen molar-refractivity contribution in [2.45, 2.75) is 13.8 Å². The highest BCUT2D eigenvalue weighted by atomic mass is 32.1. The van der Waals surface area contributed by atoms with Crippen LogP contribution in [0.2, 0.25) is 0 Å². The number of hydrogen-bond acceptors (Lipinski definition) is 6. The van der Waals surface area contributed by atoms with E-state index in [2.05, 4.69) is 11.1 Å². The van der Waals surface area contributed by atoms with Crippen LogP contribution in [0.5, 0.6) is 0 Å². The summed E-state index contributed by atoms with van der Waals surface area (Å²) in [5, 5.41) is 19.5. The number of hydrogen-bond donors (Lipinski definition) is 1. The average Bonchev–Trinajstić information content (AvgIpc) is 2.91. The second-order valence-electron chi connectivity index (χ2n) is 5.73. The summed E-state index contributed by atoms with van der Waals surface area (Å²) in [5.74, 6) is 1.38. The zero-order valence-corrected chi connectivity index (χ0v) is 14.7. The molecule has 0 saturated heterocycles. The van der Waals surface area contributed by atoms with Crippen LogP contribution in [0.15, 0.2) is 24.3 Å². The Hall–Kier alpha value is -2.49. The number of benzene rings is 1. The fourth-order valence-electron chi connectivity index (χ4n) is 2.59. The molecule has 24 heavy (non-hydrogen) atoms. The lowest BCUT2D eigenvalue weighted by Crippen LogP contribution is -2.23. The maximum atomic E-state index is 9.33. The first-order valence-corrected chi connectivity index (χ1v) is 8.47. The van der Waals surface area contributed by atoms with E-state index in [4.69, 9.17) is 4.98 Å². The highest BCUT2D eigenvalue weighted by molar-refractivity contribution is 7.19. The van der Waals surface area contributed by atoms with Gasteiger partial charge < -0.3 is 10.0 Å². The summed E-state index contributed by atoms with van der Waals surface area (Å²) in [7, 11) is 1.89. The quantitative estimate of drug-likeness (QED) is 0.790. The number of nitriles is 1. The van der Waals surface area contributed by atoms with E-state index in [1.807, 2.05) is 50.1 Å². The molecule has 0 aliphatic heterocycles. The van der Waals surface area contributed by atoms with E-state index in [-0.39, 0.29) is 6.61 Å². The summed E-state index contributed by atoms with van der Waals surface area (Å²) in [6, 6.07) is 10.3. The van der Waals surface area contributed by atoms with Gasteiger partial charge in [-0.1, -0.05) is 29.8 Å². The van der Waals surface area contributed by atoms with Gasteiger partial charge in [-0.15, -0.1) is 11.3 Å². The molecule has 1 N–H and O–H groups in total. The molecule has 5 nitrogen and oxygen atoms in total. The van der Waals surface area contributed by atoms with Crippen LogP contribution in [0.1, 0.15) is 16.0 Å². The molecule has 122 valence electrons. The van der Waals surface area contributed by atoms with Crippen molar-refractivity contribution in [3.05, 3.63) is 40.3 Å². The molecular weight excluding hydrogens is 320 g/mol. The van der Waals surface area contributed by atoms with Gasteiger partial charge in [-0.05, 0) is 19.4 Å². The van der Waals surface area contributed by atoms with Crippen molar-refractivity contribution in [2.24, 2.45) is 0 Å². The van der Waals surface area contributed by atoms with Gasteiger partial charge in [0.15, 0.2) is 5.82 Å². The van der Waals surface area contributed by atoms with E-state index >= 15 is 0 Å². The van der Waals surface area contributed by atoms with Gasteiger partial charge in [0.05, 0.1) is 12.0 Å². The Morgan fingerprint density at radius 3 is 2.54 bits per heavy atom. The highest BCUT2D eigenvalue weighted by Crippen LogP contribution is 2.36. The number of nitrogens with zero attached hydrogens (tertiary/aromatic N) is 4. The lowest BCUT2D eigenvalue weighted by molar-refractivity contribution is 0.304. The molecule has 0 bridgehead atoms. The van der Waals surface area contributed by atoms with E-state index in [1.165, 1.54) is 16.9 Å². The van der Waals surface area contributed by atoms with Crippen molar-refractivity contribution >= 4 is 27.4 Å². The average molecular weight is 338 g/mol. The van der Waals surface area contributed by atoms with Crippen molar-refractivity contribution in [1.29, 1.82) is 5.26 Å². The van der Waals surface area contributed by atoms with Crippen LogP contribution < -0.4 is 4.90 Å². The van der Waals surface area contributed by atoms with Crippen LogP contribution in [-0.2, 0) is 0 Å². The van der Waals surface area contributed by atoms with E-state index in [0.717, 1.165) is 27.2 Å². The summed E-state index contributed by atoms with van der Waals surface area (Å²) in [6.45, 7) is 4.46. The number of likely N-dealkylation sites (N-methyl/N-ethyl adjacent to an activating group) is 1. The summed E-state index contributed by atoms with van der Waals surface area (Å²) >= 11 is 1.38. The topological polar surface area (TPSA) is 73.0 Å². The van der Waals surface area contributed by atoms with Crippen molar-refractivity contribution in [1.82, 2.24) is 9.97 Å². The smallest absolute Gasteiger partial charge is 0.163 e. The van der Waals surface area contributed by atoms with Crippen LogP contribution in [0.4, 0.5) is 5.82 Å². The van der Waals surface area contributed by atoms with Crippen LogP contribution in [0, 0.1) is 25.2 Å². The van der Waals surface area contributed by atoms with Crippen molar-refractivity contribution in [2.75, 3.05) is 25.1 Å². The third-order valence-corrected chi connectivity index (χ3v) is 5.07. The summed E-state index contributed by atoms with van der Waals surface area (Å²) in [6.07, 6.45) is 0. The molecule has 0 aliphatic rings. The van der Waals surface area contributed by atoms with E-state index in [1.54, 1.807) is 0 Å². The lowest BCUT2D eigenvalue weighted by Gasteiger charge is -2.19. The minimum absolute atomic E-state index is 0.0379. The maximum absolute atomic E-state index is 9.33. The normalized spacial score (nSPS) is 10.8. The number of aryl methyl sites for hydroxylation is 2. The predicted octanol–water partition coefficient (Wildman–Crippen LogP) is 3.28. The monoisotopic (exact) mass is 338 g/mol. The van der Waals surface area contributed by atoms with Gasteiger partial charge in [0.2, 0.25) is 0 Å². The van der Waals surface area contributed by atoms with Gasteiger partial charge in [0, 0.05) is 19.2 Å². The molecule has 2 heterocycles. The van der Waals surface area contributed by atoms with Gasteiger partial charge in [-0.2, -0.15) is 5.26 Å². The molecule has 0 spiro atoms. The van der Waals surface area contributed by atoms with Crippen molar-refractivity contribution in [3.63, 3.8) is 0 Å².